The first kappa shape index (κ1) is 17.0. The molecule has 0 saturated carbocycles. The van der Waals surface area contributed by atoms with E-state index in [0.29, 0.717) is 11.5 Å². The summed E-state index contributed by atoms with van der Waals surface area (Å²) in [6.07, 6.45) is 0. The molecule has 0 radical (unpaired) electrons. The number of imidazole rings is 1. The van der Waals surface area contributed by atoms with Crippen molar-refractivity contribution in [1.29, 1.82) is 0 Å². The maximum absolute atomic E-state index is 12.1. The zero-order chi connectivity index (χ0) is 19.5. The predicted octanol–water partition coefficient (Wildman–Crippen LogP) is 3.43. The molecule has 138 valence electrons. The Labute approximate surface area is 155 Å². The molecule has 1 aromatic heterocycles. The van der Waals surface area contributed by atoms with Crippen LogP contribution in [0.1, 0.15) is 19.4 Å². The van der Waals surface area contributed by atoms with Crippen LogP contribution >= 0.6 is 0 Å². The molecular weight excluding hydrogens is 346 g/mol. The minimum atomic E-state index is -0.600. The van der Waals surface area contributed by atoms with E-state index in [1.807, 2.05) is 45.0 Å². The van der Waals surface area contributed by atoms with E-state index in [9.17, 15) is 14.9 Å². The minimum Gasteiger partial charge on any atom is -0.377 e. The molecule has 0 aliphatic carbocycles. The molecule has 0 spiro atoms. The summed E-state index contributed by atoms with van der Waals surface area (Å²) in [5, 5.41) is 14.0. The Morgan fingerprint density at radius 3 is 2.59 bits per heavy atom. The van der Waals surface area contributed by atoms with Crippen molar-refractivity contribution < 1.29 is 9.72 Å². The van der Waals surface area contributed by atoms with Crippen molar-refractivity contribution in [3.8, 4) is 11.4 Å². The second-order valence-electron chi connectivity index (χ2n) is 7.43. The topological polar surface area (TPSA) is 104 Å². The number of non-ortho nitro benzene ring substituents is 1. The zero-order valence-electron chi connectivity index (χ0n) is 15.5. The summed E-state index contributed by atoms with van der Waals surface area (Å²) >= 11 is 0. The number of hydrogen-bond acceptors (Lipinski definition) is 5. The summed E-state index contributed by atoms with van der Waals surface area (Å²) < 4.78 is 0. The van der Waals surface area contributed by atoms with Gasteiger partial charge in [0.05, 0.1) is 27.1 Å². The summed E-state index contributed by atoms with van der Waals surface area (Å²) in [5.41, 5.74) is 4.13. The zero-order valence-corrected chi connectivity index (χ0v) is 15.5. The van der Waals surface area contributed by atoms with Crippen LogP contribution in [0.15, 0.2) is 30.3 Å². The first-order chi connectivity index (χ1) is 12.7. The fourth-order valence-corrected chi connectivity index (χ4v) is 3.41. The van der Waals surface area contributed by atoms with Gasteiger partial charge in [0.2, 0.25) is 5.91 Å². The molecule has 0 atom stereocenters. The molecule has 0 saturated heterocycles. The van der Waals surface area contributed by atoms with Crippen LogP contribution in [0.2, 0.25) is 0 Å². The largest absolute Gasteiger partial charge is 0.377 e. The Morgan fingerprint density at radius 1 is 1.19 bits per heavy atom. The van der Waals surface area contributed by atoms with E-state index in [1.54, 1.807) is 6.07 Å². The van der Waals surface area contributed by atoms with Gasteiger partial charge in [-0.1, -0.05) is 0 Å². The number of nitrogens with zero attached hydrogens (tertiary/aromatic N) is 3. The SMILES string of the molecule is CN(C)c1cc([N+](=O)[O-])ccc1-c1nc2cc3c(cc2[nH]1)C(C)(C)C(=O)N3. The van der Waals surface area contributed by atoms with Crippen LogP contribution in [0, 0.1) is 10.1 Å². The predicted molar refractivity (Wildman–Crippen MR) is 104 cm³/mol. The highest BCUT2D eigenvalue weighted by Gasteiger charge is 2.38. The minimum absolute atomic E-state index is 0.0296. The molecule has 1 amide bonds. The third-order valence-corrected chi connectivity index (χ3v) is 5.04. The lowest BCUT2D eigenvalue weighted by Crippen LogP contribution is -2.26. The van der Waals surface area contributed by atoms with E-state index in [1.165, 1.54) is 12.1 Å². The van der Waals surface area contributed by atoms with E-state index < -0.39 is 10.3 Å². The van der Waals surface area contributed by atoms with Gasteiger partial charge in [0.25, 0.3) is 5.69 Å². The molecule has 1 aliphatic heterocycles. The van der Waals surface area contributed by atoms with Crippen LogP contribution in [0.25, 0.3) is 22.4 Å². The molecule has 0 unspecified atom stereocenters. The van der Waals surface area contributed by atoms with Crippen molar-refractivity contribution in [2.45, 2.75) is 19.3 Å². The lowest BCUT2D eigenvalue weighted by atomic mass is 9.86. The van der Waals surface area contributed by atoms with Crippen molar-refractivity contribution in [1.82, 2.24) is 9.97 Å². The number of fused-ring (bicyclic) bond motifs is 2. The van der Waals surface area contributed by atoms with Crippen LogP contribution in [-0.4, -0.2) is 34.9 Å². The molecule has 8 heteroatoms. The normalized spacial score (nSPS) is 14.9. The average molecular weight is 365 g/mol. The smallest absolute Gasteiger partial charge is 0.271 e. The number of aromatic nitrogens is 2. The van der Waals surface area contributed by atoms with Gasteiger partial charge in [0.15, 0.2) is 0 Å². The quantitative estimate of drug-likeness (QED) is 0.546. The molecular formula is C19H19N5O3. The fourth-order valence-electron chi connectivity index (χ4n) is 3.41. The number of amides is 1. The van der Waals surface area contributed by atoms with Crippen molar-refractivity contribution in [3.05, 3.63) is 46.0 Å². The molecule has 0 bridgehead atoms. The molecule has 27 heavy (non-hydrogen) atoms. The molecule has 2 N–H and O–H groups in total. The number of rotatable bonds is 3. The number of H-pyrrole nitrogens is 1. The third-order valence-electron chi connectivity index (χ3n) is 5.04. The maximum atomic E-state index is 12.1. The second kappa shape index (κ2) is 5.54. The number of carbonyl (C=O) groups excluding carboxylic acids is 1. The van der Waals surface area contributed by atoms with Gasteiger partial charge in [-0.25, -0.2) is 4.98 Å². The highest BCUT2D eigenvalue weighted by Crippen LogP contribution is 2.40. The molecule has 4 rings (SSSR count). The molecule has 1 aliphatic rings. The van der Waals surface area contributed by atoms with Crippen LogP contribution in [0.3, 0.4) is 0 Å². The van der Waals surface area contributed by atoms with E-state index in [4.69, 9.17) is 0 Å². The molecule has 8 nitrogen and oxygen atoms in total. The van der Waals surface area contributed by atoms with E-state index >= 15 is 0 Å². The number of anilines is 2. The Bertz CT molecular complexity index is 1110. The standard InChI is InChI=1S/C19H19N5O3/c1-19(2)12-8-14-15(9-13(12)22-18(19)25)21-17(20-14)11-6-5-10(24(26)27)7-16(11)23(3)4/h5-9H,1-4H3,(H,20,21)(H,22,25). The average Bonchev–Trinajstić information content (AvgIpc) is 3.11. The number of benzene rings is 2. The third kappa shape index (κ3) is 2.52. The second-order valence-corrected chi connectivity index (χ2v) is 7.43. The van der Waals surface area contributed by atoms with Gasteiger partial charge in [-0.2, -0.15) is 0 Å². The Kier molecular flexibility index (Phi) is 3.49. The molecule has 3 aromatic rings. The van der Waals surface area contributed by atoms with Gasteiger partial charge < -0.3 is 15.2 Å². The maximum Gasteiger partial charge on any atom is 0.271 e. The lowest BCUT2D eigenvalue weighted by Gasteiger charge is -2.16. The van der Waals surface area contributed by atoms with Crippen molar-refractivity contribution in [2.24, 2.45) is 0 Å². The molecule has 2 aromatic carbocycles. The number of hydrogen-bond donors (Lipinski definition) is 2. The first-order valence-electron chi connectivity index (χ1n) is 8.50. The monoisotopic (exact) mass is 365 g/mol. The summed E-state index contributed by atoms with van der Waals surface area (Å²) in [6.45, 7) is 3.77. The van der Waals surface area contributed by atoms with Gasteiger partial charge >= 0.3 is 0 Å². The van der Waals surface area contributed by atoms with Gasteiger partial charge in [0, 0.05) is 37.5 Å². The van der Waals surface area contributed by atoms with Gasteiger partial charge in [-0.05, 0) is 37.6 Å². The van der Waals surface area contributed by atoms with Crippen LogP contribution in [-0.2, 0) is 10.2 Å². The number of aromatic amines is 1. The van der Waals surface area contributed by atoms with Gasteiger partial charge in [-0.3, -0.25) is 14.9 Å². The van der Waals surface area contributed by atoms with Crippen molar-refractivity contribution in [2.75, 3.05) is 24.3 Å². The highest BCUT2D eigenvalue weighted by atomic mass is 16.6. The van der Waals surface area contributed by atoms with Gasteiger partial charge in [-0.15, -0.1) is 0 Å². The summed E-state index contributed by atoms with van der Waals surface area (Å²) in [4.78, 5) is 32.6. The van der Waals surface area contributed by atoms with Crippen LogP contribution in [0.5, 0.6) is 0 Å². The number of nitrogens with one attached hydrogen (secondary N) is 2. The number of nitro benzene ring substituents is 1. The Hall–Kier alpha value is -3.42. The van der Waals surface area contributed by atoms with Crippen LogP contribution in [0.4, 0.5) is 17.1 Å². The Balaban J connectivity index is 1.87. The van der Waals surface area contributed by atoms with E-state index in [0.717, 1.165) is 27.8 Å². The fraction of sp³-hybridized carbons (Fsp3) is 0.263. The van der Waals surface area contributed by atoms with E-state index in [2.05, 4.69) is 15.3 Å². The number of carbonyl (C=O) groups is 1. The van der Waals surface area contributed by atoms with E-state index in [-0.39, 0.29) is 11.6 Å². The first-order valence-corrected chi connectivity index (χ1v) is 8.50. The molecule has 0 fully saturated rings. The highest BCUT2D eigenvalue weighted by molar-refractivity contribution is 6.07. The summed E-state index contributed by atoms with van der Waals surface area (Å²) in [5.74, 6) is 0.590. The van der Waals surface area contributed by atoms with Gasteiger partial charge in [0.1, 0.15) is 5.82 Å². The Morgan fingerprint density at radius 2 is 1.93 bits per heavy atom. The number of nitro groups is 1. The molecule has 2 heterocycles. The summed E-state index contributed by atoms with van der Waals surface area (Å²) in [6, 6.07) is 8.51. The van der Waals surface area contributed by atoms with Crippen molar-refractivity contribution >= 4 is 34.0 Å². The lowest BCUT2D eigenvalue weighted by molar-refractivity contribution is -0.384. The van der Waals surface area contributed by atoms with Crippen LogP contribution < -0.4 is 10.2 Å². The van der Waals surface area contributed by atoms with Crippen molar-refractivity contribution in [3.63, 3.8) is 0 Å². The summed E-state index contributed by atoms with van der Waals surface area (Å²) in [7, 11) is 3.66.